The second kappa shape index (κ2) is 10.0. The van der Waals surface area contributed by atoms with Crippen molar-refractivity contribution in [2.45, 2.75) is 0 Å². The molecular weight excluding hydrogens is 557 g/mol. The van der Waals surface area contributed by atoms with E-state index in [1.165, 1.54) is 15.8 Å². The van der Waals surface area contributed by atoms with E-state index < -0.39 is 0 Å². The fraction of sp³-hybridized carbons (Fsp3) is 0. The van der Waals surface area contributed by atoms with E-state index in [-0.39, 0.29) is 0 Å². The van der Waals surface area contributed by atoms with Gasteiger partial charge in [-0.05, 0) is 46.5 Å². The lowest BCUT2D eigenvalue weighted by atomic mass is 9.99. The minimum Gasteiger partial charge on any atom is -0.456 e. The fourth-order valence-electron chi connectivity index (χ4n) is 6.18. The van der Waals surface area contributed by atoms with Crippen molar-refractivity contribution in [2.24, 2.45) is 0 Å². The largest absolute Gasteiger partial charge is 0.456 e. The van der Waals surface area contributed by atoms with Crippen LogP contribution < -0.4 is 0 Å². The van der Waals surface area contributed by atoms with Crippen LogP contribution in [0.2, 0.25) is 0 Å². The van der Waals surface area contributed by atoms with E-state index in [1.807, 2.05) is 24.3 Å². The molecule has 0 fully saturated rings. The Bertz CT molecular complexity index is 2480. The van der Waals surface area contributed by atoms with Crippen LogP contribution in [-0.4, -0.2) is 9.97 Å². The highest BCUT2D eigenvalue weighted by Gasteiger charge is 2.20. The van der Waals surface area contributed by atoms with Crippen molar-refractivity contribution in [3.63, 3.8) is 0 Å². The first-order valence-corrected chi connectivity index (χ1v) is 15.5. The number of hydrogen-bond donors (Lipinski definition) is 0. The molecule has 3 aromatic heterocycles. The summed E-state index contributed by atoms with van der Waals surface area (Å²) < 4.78 is 8.79. The normalized spacial score (nSPS) is 11.6. The molecule has 206 valence electrons. The van der Waals surface area contributed by atoms with Gasteiger partial charge in [0.2, 0.25) is 0 Å². The molecule has 0 N–H and O–H groups in total. The highest BCUT2D eigenvalue weighted by Crippen LogP contribution is 2.42. The number of fused-ring (bicyclic) bond motifs is 6. The average Bonchev–Trinajstić information content (AvgIpc) is 3.67. The summed E-state index contributed by atoms with van der Waals surface area (Å²) in [5.41, 5.74) is 10.4. The molecule has 0 amide bonds. The predicted octanol–water partition coefficient (Wildman–Crippen LogP) is 11.4. The molecule has 44 heavy (non-hydrogen) atoms. The molecule has 0 aliphatic heterocycles. The molecule has 0 bridgehead atoms. The summed E-state index contributed by atoms with van der Waals surface area (Å²) in [5.74, 6) is 0.703. The number of aromatic nitrogens is 2. The third-order valence-corrected chi connectivity index (χ3v) is 9.50. The van der Waals surface area contributed by atoms with E-state index in [2.05, 4.69) is 121 Å². The number of furan rings is 1. The summed E-state index contributed by atoms with van der Waals surface area (Å²) in [6.07, 6.45) is 0. The first kappa shape index (κ1) is 25.0. The third-order valence-electron chi connectivity index (χ3n) is 8.33. The summed E-state index contributed by atoms with van der Waals surface area (Å²) in [6.45, 7) is 0. The van der Waals surface area contributed by atoms with E-state index in [0.717, 1.165) is 65.5 Å². The highest BCUT2D eigenvalue weighted by atomic mass is 32.1. The summed E-state index contributed by atoms with van der Waals surface area (Å²) in [4.78, 5) is 10.4. The Labute approximate surface area is 257 Å². The molecule has 9 rings (SSSR count). The standard InChI is InChI=1S/C40H24N2OS/c1-3-10-25(11-4-1)26-18-20-27(21-19-26)29-22-23-30-34(24-29)43-33-16-9-15-32(36(30)33)40-41-37(28-12-5-2-6-13-28)39-38(42-40)31-14-7-8-17-35(31)44-39/h1-24H. The smallest absolute Gasteiger partial charge is 0.161 e. The fourth-order valence-corrected chi connectivity index (χ4v) is 7.33. The lowest BCUT2D eigenvalue weighted by Gasteiger charge is -2.08. The van der Waals surface area contributed by atoms with Crippen LogP contribution in [-0.2, 0) is 0 Å². The van der Waals surface area contributed by atoms with Gasteiger partial charge in [0.25, 0.3) is 0 Å². The van der Waals surface area contributed by atoms with Crippen molar-refractivity contribution in [1.29, 1.82) is 0 Å². The van der Waals surface area contributed by atoms with Crippen LogP contribution >= 0.6 is 11.3 Å². The van der Waals surface area contributed by atoms with Crippen molar-refractivity contribution >= 4 is 53.6 Å². The van der Waals surface area contributed by atoms with E-state index in [9.17, 15) is 0 Å². The molecule has 0 radical (unpaired) electrons. The maximum absolute atomic E-state index is 6.47. The molecule has 0 spiro atoms. The van der Waals surface area contributed by atoms with Gasteiger partial charge >= 0.3 is 0 Å². The Morgan fingerprint density at radius 1 is 0.477 bits per heavy atom. The van der Waals surface area contributed by atoms with E-state index in [4.69, 9.17) is 14.4 Å². The lowest BCUT2D eigenvalue weighted by Crippen LogP contribution is -1.94. The van der Waals surface area contributed by atoms with Crippen molar-refractivity contribution < 1.29 is 4.42 Å². The Kier molecular flexibility index (Phi) is 5.68. The second-order valence-electron chi connectivity index (χ2n) is 11.0. The van der Waals surface area contributed by atoms with Gasteiger partial charge in [-0.15, -0.1) is 11.3 Å². The molecule has 3 heterocycles. The van der Waals surface area contributed by atoms with Crippen LogP contribution in [0.25, 0.3) is 87.1 Å². The van der Waals surface area contributed by atoms with Gasteiger partial charge in [0.1, 0.15) is 11.2 Å². The number of thiophene rings is 1. The second-order valence-corrected chi connectivity index (χ2v) is 12.0. The molecule has 0 atom stereocenters. The Balaban J connectivity index is 1.21. The molecule has 0 unspecified atom stereocenters. The zero-order valence-electron chi connectivity index (χ0n) is 23.6. The first-order chi connectivity index (χ1) is 21.8. The summed E-state index contributed by atoms with van der Waals surface area (Å²) in [7, 11) is 0. The van der Waals surface area contributed by atoms with Gasteiger partial charge in [0.05, 0.1) is 15.9 Å². The zero-order valence-corrected chi connectivity index (χ0v) is 24.4. The molecule has 0 aliphatic carbocycles. The third kappa shape index (κ3) is 4.03. The van der Waals surface area contributed by atoms with Crippen molar-refractivity contribution in [1.82, 2.24) is 9.97 Å². The monoisotopic (exact) mass is 580 g/mol. The summed E-state index contributed by atoms with van der Waals surface area (Å²) in [5, 5.41) is 3.24. The highest BCUT2D eigenvalue weighted by molar-refractivity contribution is 7.26. The topological polar surface area (TPSA) is 38.9 Å². The summed E-state index contributed by atoms with van der Waals surface area (Å²) >= 11 is 1.75. The van der Waals surface area contributed by atoms with Gasteiger partial charge in [-0.3, -0.25) is 0 Å². The number of nitrogens with zero attached hydrogens (tertiary/aromatic N) is 2. The van der Waals surface area contributed by atoms with Crippen molar-refractivity contribution in [2.75, 3.05) is 0 Å². The van der Waals surface area contributed by atoms with Gasteiger partial charge in [0, 0.05) is 32.0 Å². The lowest BCUT2D eigenvalue weighted by molar-refractivity contribution is 0.669. The molecular formula is C40H24N2OS. The number of rotatable bonds is 4. The van der Waals surface area contributed by atoms with Gasteiger partial charge in [-0.25, -0.2) is 9.97 Å². The molecule has 0 saturated heterocycles. The van der Waals surface area contributed by atoms with Crippen LogP contribution in [0.15, 0.2) is 150 Å². The molecule has 4 heteroatoms. The Hall–Kier alpha value is -5.58. The van der Waals surface area contributed by atoms with Crippen LogP contribution in [0.5, 0.6) is 0 Å². The minimum absolute atomic E-state index is 0.703. The minimum atomic E-state index is 0.703. The van der Waals surface area contributed by atoms with Crippen molar-refractivity contribution in [3.05, 3.63) is 146 Å². The van der Waals surface area contributed by atoms with Gasteiger partial charge < -0.3 is 4.42 Å². The van der Waals surface area contributed by atoms with Crippen LogP contribution in [0.3, 0.4) is 0 Å². The van der Waals surface area contributed by atoms with Crippen LogP contribution in [0.1, 0.15) is 0 Å². The van der Waals surface area contributed by atoms with Gasteiger partial charge in [-0.2, -0.15) is 0 Å². The zero-order chi connectivity index (χ0) is 29.0. The molecule has 0 saturated carbocycles. The molecule has 6 aromatic carbocycles. The quantitative estimate of drug-likeness (QED) is 0.208. The van der Waals surface area contributed by atoms with Crippen LogP contribution in [0, 0.1) is 0 Å². The predicted molar refractivity (Wildman–Crippen MR) is 184 cm³/mol. The average molecular weight is 581 g/mol. The Morgan fingerprint density at radius 3 is 1.93 bits per heavy atom. The first-order valence-electron chi connectivity index (χ1n) is 14.7. The van der Waals surface area contributed by atoms with Gasteiger partial charge in [-0.1, -0.05) is 121 Å². The SMILES string of the molecule is c1ccc(-c2ccc(-c3ccc4c(c3)oc3cccc(-c5nc(-c6ccccc6)c6sc7ccccc7c6n5)c34)cc2)cc1. The van der Waals surface area contributed by atoms with E-state index >= 15 is 0 Å². The van der Waals surface area contributed by atoms with E-state index in [0.29, 0.717) is 5.82 Å². The maximum Gasteiger partial charge on any atom is 0.161 e. The molecule has 9 aromatic rings. The number of benzene rings is 6. The van der Waals surface area contributed by atoms with E-state index in [1.54, 1.807) is 11.3 Å². The number of hydrogen-bond acceptors (Lipinski definition) is 4. The Morgan fingerprint density at radius 2 is 1.14 bits per heavy atom. The van der Waals surface area contributed by atoms with Crippen molar-refractivity contribution in [3.8, 4) is 44.9 Å². The summed E-state index contributed by atoms with van der Waals surface area (Å²) in [6, 6.07) is 50.7. The molecule has 0 aliphatic rings. The van der Waals surface area contributed by atoms with Gasteiger partial charge in [0.15, 0.2) is 5.82 Å². The van der Waals surface area contributed by atoms with Crippen LogP contribution in [0.4, 0.5) is 0 Å². The maximum atomic E-state index is 6.47. The molecule has 3 nitrogen and oxygen atoms in total.